The maximum atomic E-state index is 12.7. The van der Waals surface area contributed by atoms with Crippen LogP contribution in [0.3, 0.4) is 0 Å². The summed E-state index contributed by atoms with van der Waals surface area (Å²) < 4.78 is 0. The summed E-state index contributed by atoms with van der Waals surface area (Å²) in [6.45, 7) is 3.23. The molecule has 2 aliphatic rings. The van der Waals surface area contributed by atoms with Crippen LogP contribution in [-0.2, 0) is 9.59 Å². The molecule has 0 aromatic rings. The number of hydrogen-bond donors (Lipinski definition) is 1. The molecular weight excluding hydrogens is 348 g/mol. The van der Waals surface area contributed by atoms with E-state index in [1.54, 1.807) is 13.8 Å². The van der Waals surface area contributed by atoms with Gasteiger partial charge in [0.25, 0.3) is 5.54 Å². The third-order valence-electron chi connectivity index (χ3n) is 5.05. The number of rotatable bonds is 7. The second-order valence-electron chi connectivity index (χ2n) is 6.88. The van der Waals surface area contributed by atoms with Crippen molar-refractivity contribution in [3.8, 4) is 0 Å². The van der Waals surface area contributed by atoms with Gasteiger partial charge in [-0.1, -0.05) is 0 Å². The molecule has 2 bridgehead atoms. The van der Waals surface area contributed by atoms with Gasteiger partial charge < -0.3 is 10.0 Å². The summed E-state index contributed by atoms with van der Waals surface area (Å²) in [5.41, 5.74) is -3.55. The maximum absolute atomic E-state index is 12.7. The Balaban J connectivity index is 2.53. The van der Waals surface area contributed by atoms with Gasteiger partial charge >= 0.3 is 5.97 Å². The SMILES string of the molecule is CCN(CC)C(=O)C1=C[C@@]2([N+](=O)[O-])CN(CC(=O)O)C[C@]([N+](=O)[O-])(C1)C2. The van der Waals surface area contributed by atoms with Crippen molar-refractivity contribution in [2.24, 2.45) is 0 Å². The molecule has 26 heavy (non-hydrogen) atoms. The van der Waals surface area contributed by atoms with Gasteiger partial charge in [0, 0.05) is 34.6 Å². The maximum Gasteiger partial charge on any atom is 0.317 e. The second-order valence-corrected chi connectivity index (χ2v) is 6.88. The van der Waals surface area contributed by atoms with Crippen molar-refractivity contribution >= 4 is 11.9 Å². The number of carboxylic acid groups (broad SMARTS) is 1. The number of aliphatic carboxylic acids is 1. The predicted molar refractivity (Wildman–Crippen MR) is 88.8 cm³/mol. The van der Waals surface area contributed by atoms with Gasteiger partial charge in [0.05, 0.1) is 32.5 Å². The molecule has 1 saturated heterocycles. The van der Waals surface area contributed by atoms with Crippen LogP contribution < -0.4 is 0 Å². The van der Waals surface area contributed by atoms with Crippen molar-refractivity contribution in [3.63, 3.8) is 0 Å². The van der Waals surface area contributed by atoms with E-state index in [-0.39, 0.29) is 31.5 Å². The van der Waals surface area contributed by atoms with E-state index in [1.165, 1.54) is 15.9 Å². The van der Waals surface area contributed by atoms with Crippen molar-refractivity contribution in [2.45, 2.75) is 37.8 Å². The average molecular weight is 370 g/mol. The number of hydrogen-bond acceptors (Lipinski definition) is 7. The van der Waals surface area contributed by atoms with Gasteiger partial charge in [-0.15, -0.1) is 0 Å². The van der Waals surface area contributed by atoms with Crippen LogP contribution in [0, 0.1) is 20.2 Å². The van der Waals surface area contributed by atoms with Gasteiger partial charge in [-0.2, -0.15) is 0 Å². The molecule has 2 rings (SSSR count). The minimum absolute atomic E-state index is 0.0586. The quantitative estimate of drug-likeness (QED) is 0.487. The number of likely N-dealkylation sites (tertiary alicyclic amines) is 1. The van der Waals surface area contributed by atoms with Crippen molar-refractivity contribution in [3.05, 3.63) is 31.9 Å². The smallest absolute Gasteiger partial charge is 0.317 e. The second kappa shape index (κ2) is 6.98. The summed E-state index contributed by atoms with van der Waals surface area (Å²) in [5, 5.41) is 32.6. The molecule has 0 spiro atoms. The lowest BCUT2D eigenvalue weighted by atomic mass is 9.69. The Morgan fingerprint density at radius 1 is 1.23 bits per heavy atom. The van der Waals surface area contributed by atoms with Crippen LogP contribution in [0.1, 0.15) is 26.7 Å². The average Bonchev–Trinajstić information content (AvgIpc) is 2.54. The fraction of sp³-hybridized carbons (Fsp3) is 0.733. The minimum Gasteiger partial charge on any atom is -0.480 e. The number of piperidine rings is 1. The number of carbonyl (C=O) groups excluding carboxylic acids is 1. The van der Waals surface area contributed by atoms with E-state index < -0.39 is 39.3 Å². The van der Waals surface area contributed by atoms with Gasteiger partial charge in [0.2, 0.25) is 11.4 Å². The largest absolute Gasteiger partial charge is 0.480 e. The highest BCUT2D eigenvalue weighted by Crippen LogP contribution is 2.43. The summed E-state index contributed by atoms with van der Waals surface area (Å²) in [6, 6.07) is 0. The Morgan fingerprint density at radius 2 is 1.85 bits per heavy atom. The molecule has 1 aliphatic heterocycles. The fourth-order valence-electron chi connectivity index (χ4n) is 4.00. The summed E-state index contributed by atoms with van der Waals surface area (Å²) in [6.07, 6.45) is 0.607. The number of nitro groups is 2. The Labute approximate surface area is 149 Å². The Kier molecular flexibility index (Phi) is 5.31. The third-order valence-corrected chi connectivity index (χ3v) is 5.05. The van der Waals surface area contributed by atoms with Gasteiger partial charge in [-0.3, -0.25) is 34.7 Å². The molecule has 1 aliphatic carbocycles. The first-order valence-corrected chi connectivity index (χ1v) is 8.33. The first-order valence-electron chi connectivity index (χ1n) is 8.33. The zero-order valence-corrected chi connectivity index (χ0v) is 14.7. The van der Waals surface area contributed by atoms with E-state index in [0.717, 1.165) is 0 Å². The fourth-order valence-corrected chi connectivity index (χ4v) is 4.00. The van der Waals surface area contributed by atoms with Crippen molar-refractivity contribution in [2.75, 3.05) is 32.7 Å². The van der Waals surface area contributed by atoms with Gasteiger partial charge in [0.1, 0.15) is 0 Å². The number of likely N-dealkylation sites (N-methyl/N-ethyl adjacent to an activating group) is 1. The first kappa shape index (κ1) is 19.8. The molecule has 0 unspecified atom stereocenters. The molecular formula is C15H22N4O7. The monoisotopic (exact) mass is 370 g/mol. The molecule has 11 heteroatoms. The molecule has 1 fully saturated rings. The van der Waals surface area contributed by atoms with Crippen LogP contribution >= 0.6 is 0 Å². The number of amides is 1. The third kappa shape index (κ3) is 3.39. The molecule has 0 aromatic carbocycles. The van der Waals surface area contributed by atoms with Crippen LogP contribution in [0.2, 0.25) is 0 Å². The van der Waals surface area contributed by atoms with E-state index in [4.69, 9.17) is 5.11 Å². The van der Waals surface area contributed by atoms with Crippen LogP contribution in [0.4, 0.5) is 0 Å². The van der Waals surface area contributed by atoms with E-state index in [0.29, 0.717) is 13.1 Å². The molecule has 0 aromatic heterocycles. The van der Waals surface area contributed by atoms with Crippen molar-refractivity contribution in [1.29, 1.82) is 0 Å². The van der Waals surface area contributed by atoms with Crippen LogP contribution in [0.25, 0.3) is 0 Å². The van der Waals surface area contributed by atoms with E-state index in [1.807, 2.05) is 0 Å². The molecule has 1 N–H and O–H groups in total. The normalized spacial score (nSPS) is 28.2. The van der Waals surface area contributed by atoms with Crippen LogP contribution in [0.15, 0.2) is 11.6 Å². The summed E-state index contributed by atoms with van der Waals surface area (Å²) in [4.78, 5) is 48.8. The Morgan fingerprint density at radius 3 is 2.31 bits per heavy atom. The van der Waals surface area contributed by atoms with Gasteiger partial charge in [-0.05, 0) is 13.8 Å². The standard InChI is InChI=1S/C15H22N4O7/c1-3-17(4-2)13(22)11-5-14(18(23)24)8-15(6-11,19(25)26)10-16(9-14)7-12(20)21/h5H,3-4,6-10H2,1-2H3,(H,20,21)/t14-,15-/m0/s1. The zero-order chi connectivity index (χ0) is 19.7. The summed E-state index contributed by atoms with van der Waals surface area (Å²) in [5.74, 6) is -1.66. The van der Waals surface area contributed by atoms with E-state index >= 15 is 0 Å². The number of carboxylic acids is 1. The van der Waals surface area contributed by atoms with E-state index in [2.05, 4.69) is 0 Å². The highest BCUT2D eigenvalue weighted by Gasteiger charge is 2.64. The lowest BCUT2D eigenvalue weighted by Gasteiger charge is -2.44. The highest BCUT2D eigenvalue weighted by atomic mass is 16.6. The summed E-state index contributed by atoms with van der Waals surface area (Å²) in [7, 11) is 0. The van der Waals surface area contributed by atoms with Crippen molar-refractivity contribution < 1.29 is 24.5 Å². The predicted octanol–water partition coefficient (Wildman–Crippen LogP) is 0.00620. The molecule has 0 radical (unpaired) electrons. The molecule has 0 saturated carbocycles. The summed E-state index contributed by atoms with van der Waals surface area (Å²) >= 11 is 0. The molecule has 144 valence electrons. The molecule has 2 atom stereocenters. The molecule has 11 nitrogen and oxygen atoms in total. The number of fused-ring (bicyclic) bond motifs is 2. The number of carbonyl (C=O) groups is 2. The zero-order valence-electron chi connectivity index (χ0n) is 14.7. The van der Waals surface area contributed by atoms with Crippen LogP contribution in [0.5, 0.6) is 0 Å². The number of nitrogens with zero attached hydrogens (tertiary/aromatic N) is 4. The lowest BCUT2D eigenvalue weighted by molar-refractivity contribution is -0.619. The van der Waals surface area contributed by atoms with Crippen LogP contribution in [-0.4, -0.2) is 80.4 Å². The Bertz CT molecular complexity index is 675. The highest BCUT2D eigenvalue weighted by molar-refractivity contribution is 5.94. The van der Waals surface area contributed by atoms with Crippen molar-refractivity contribution in [1.82, 2.24) is 9.80 Å². The lowest BCUT2D eigenvalue weighted by Crippen LogP contribution is -2.67. The topological polar surface area (TPSA) is 147 Å². The van der Waals surface area contributed by atoms with Gasteiger partial charge in [0.15, 0.2) is 0 Å². The van der Waals surface area contributed by atoms with E-state index in [9.17, 15) is 29.8 Å². The Hall–Kier alpha value is -2.56. The van der Waals surface area contributed by atoms with Gasteiger partial charge in [-0.25, -0.2) is 0 Å². The molecule has 1 amide bonds. The minimum atomic E-state index is -1.85. The molecule has 1 heterocycles. The first-order chi connectivity index (χ1) is 12.1.